The van der Waals surface area contributed by atoms with E-state index in [1.54, 1.807) is 0 Å². The van der Waals surface area contributed by atoms with Crippen LogP contribution in [0.4, 0.5) is 17.1 Å². The molecule has 9 rings (SSSR count). The zero-order chi connectivity index (χ0) is 27.8. The average Bonchev–Trinajstić information content (AvgIpc) is 3.70. The molecule has 0 fully saturated rings. The number of para-hydroxylation sites is 3. The predicted molar refractivity (Wildman–Crippen MR) is 171 cm³/mol. The van der Waals surface area contributed by atoms with Gasteiger partial charge in [-0.1, -0.05) is 91.0 Å². The van der Waals surface area contributed by atoms with E-state index in [1.165, 1.54) is 11.3 Å². The lowest BCUT2D eigenvalue weighted by atomic mass is 9.81. The first kappa shape index (κ1) is 23.5. The molecule has 3 heterocycles. The number of allylic oxidation sites excluding steroid dienone is 2. The van der Waals surface area contributed by atoms with Crippen LogP contribution in [0.15, 0.2) is 138 Å². The highest BCUT2D eigenvalue weighted by Crippen LogP contribution is 2.56. The fraction of sp³-hybridized carbons (Fsp3) is 0.105. The van der Waals surface area contributed by atoms with Crippen molar-refractivity contribution in [3.63, 3.8) is 0 Å². The molecule has 1 N–H and O–H groups in total. The molecule has 3 unspecified atom stereocenters. The van der Waals surface area contributed by atoms with E-state index >= 15 is 0 Å². The Morgan fingerprint density at radius 2 is 1.57 bits per heavy atom. The number of rotatable bonds is 3. The SMILES string of the molecule is CC12C=CC=CC1c1c(c(-c3ccc(N4c5ccccc5NC4c4ccccc4)cc3)cc3c1oc1ccccc13)O2. The van der Waals surface area contributed by atoms with Gasteiger partial charge in [0.1, 0.15) is 28.7 Å². The minimum Gasteiger partial charge on any atom is -0.481 e. The molecule has 202 valence electrons. The largest absolute Gasteiger partial charge is 0.481 e. The Morgan fingerprint density at radius 1 is 0.786 bits per heavy atom. The van der Waals surface area contributed by atoms with Crippen LogP contribution in [-0.2, 0) is 0 Å². The van der Waals surface area contributed by atoms with Crippen molar-refractivity contribution in [2.24, 2.45) is 0 Å². The lowest BCUT2D eigenvalue weighted by Crippen LogP contribution is -2.32. The van der Waals surface area contributed by atoms with Gasteiger partial charge in [0.05, 0.1) is 17.3 Å². The minimum absolute atomic E-state index is 0.0114. The summed E-state index contributed by atoms with van der Waals surface area (Å²) in [5.74, 6) is 0.993. The Morgan fingerprint density at radius 3 is 2.45 bits per heavy atom. The molecule has 0 saturated heterocycles. The van der Waals surface area contributed by atoms with Gasteiger partial charge in [-0.15, -0.1) is 0 Å². The molecule has 3 aliphatic rings. The van der Waals surface area contributed by atoms with Crippen LogP contribution in [0.25, 0.3) is 33.1 Å². The second kappa shape index (κ2) is 8.64. The van der Waals surface area contributed by atoms with E-state index in [9.17, 15) is 0 Å². The smallest absolute Gasteiger partial charge is 0.143 e. The normalized spacial score (nSPS) is 21.7. The van der Waals surface area contributed by atoms with Crippen LogP contribution in [0.5, 0.6) is 5.75 Å². The minimum atomic E-state index is -0.452. The van der Waals surface area contributed by atoms with Gasteiger partial charge in [0, 0.05) is 27.6 Å². The summed E-state index contributed by atoms with van der Waals surface area (Å²) in [7, 11) is 0. The molecule has 4 nitrogen and oxygen atoms in total. The Balaban J connectivity index is 1.20. The third-order valence-electron chi connectivity index (χ3n) is 9.03. The van der Waals surface area contributed by atoms with Crippen molar-refractivity contribution in [3.8, 4) is 16.9 Å². The molecule has 2 aliphatic heterocycles. The van der Waals surface area contributed by atoms with Gasteiger partial charge in [0.15, 0.2) is 0 Å². The zero-order valence-electron chi connectivity index (χ0n) is 23.1. The second-order valence-electron chi connectivity index (χ2n) is 11.5. The summed E-state index contributed by atoms with van der Waals surface area (Å²) in [5, 5.41) is 5.98. The summed E-state index contributed by atoms with van der Waals surface area (Å²) in [4.78, 5) is 2.38. The number of ether oxygens (including phenoxy) is 1. The summed E-state index contributed by atoms with van der Waals surface area (Å²) in [5.41, 5.74) is 9.37. The van der Waals surface area contributed by atoms with Crippen LogP contribution < -0.4 is 15.0 Å². The number of nitrogens with one attached hydrogen (secondary N) is 1. The van der Waals surface area contributed by atoms with Gasteiger partial charge < -0.3 is 19.4 Å². The quantitative estimate of drug-likeness (QED) is 0.241. The average molecular weight is 545 g/mol. The van der Waals surface area contributed by atoms with Crippen LogP contribution in [0.3, 0.4) is 0 Å². The van der Waals surface area contributed by atoms with Gasteiger partial charge in [-0.2, -0.15) is 0 Å². The molecular weight excluding hydrogens is 516 g/mol. The first-order valence-electron chi connectivity index (χ1n) is 14.5. The highest BCUT2D eigenvalue weighted by atomic mass is 16.5. The van der Waals surface area contributed by atoms with Gasteiger partial charge >= 0.3 is 0 Å². The number of nitrogens with zero attached hydrogens (tertiary/aromatic N) is 1. The number of fused-ring (bicyclic) bond motifs is 8. The van der Waals surface area contributed by atoms with E-state index in [0.29, 0.717) is 0 Å². The Hall–Kier alpha value is -5.22. The predicted octanol–water partition coefficient (Wildman–Crippen LogP) is 9.88. The van der Waals surface area contributed by atoms with Crippen LogP contribution in [-0.4, -0.2) is 5.60 Å². The molecular formula is C38H28N2O2. The number of hydrogen-bond acceptors (Lipinski definition) is 4. The molecule has 0 saturated carbocycles. The van der Waals surface area contributed by atoms with Crippen molar-refractivity contribution in [1.29, 1.82) is 0 Å². The van der Waals surface area contributed by atoms with Crippen molar-refractivity contribution >= 4 is 39.0 Å². The number of furan rings is 1. The number of hydrogen-bond donors (Lipinski definition) is 1. The summed E-state index contributed by atoms with van der Waals surface area (Å²) in [6.45, 7) is 2.17. The summed E-state index contributed by atoms with van der Waals surface area (Å²) >= 11 is 0. The van der Waals surface area contributed by atoms with E-state index in [-0.39, 0.29) is 12.1 Å². The molecule has 5 aromatic carbocycles. The first-order valence-corrected chi connectivity index (χ1v) is 14.5. The van der Waals surface area contributed by atoms with Crippen molar-refractivity contribution in [1.82, 2.24) is 0 Å². The Kier molecular flexibility index (Phi) is 4.83. The highest BCUT2D eigenvalue weighted by molar-refractivity contribution is 6.09. The summed E-state index contributed by atoms with van der Waals surface area (Å²) < 4.78 is 13.3. The van der Waals surface area contributed by atoms with Crippen molar-refractivity contribution in [3.05, 3.63) is 145 Å². The molecule has 42 heavy (non-hydrogen) atoms. The van der Waals surface area contributed by atoms with Crippen molar-refractivity contribution in [2.75, 3.05) is 10.2 Å². The van der Waals surface area contributed by atoms with Gasteiger partial charge in [-0.05, 0) is 60.5 Å². The molecule has 1 aromatic heterocycles. The van der Waals surface area contributed by atoms with Gasteiger partial charge in [0.25, 0.3) is 0 Å². The maximum absolute atomic E-state index is 6.82. The van der Waals surface area contributed by atoms with Gasteiger partial charge in [-0.3, -0.25) is 0 Å². The number of benzene rings is 5. The van der Waals surface area contributed by atoms with Gasteiger partial charge in [-0.25, -0.2) is 0 Å². The Bertz CT molecular complexity index is 2070. The van der Waals surface area contributed by atoms with Gasteiger partial charge in [0.2, 0.25) is 0 Å². The highest BCUT2D eigenvalue weighted by Gasteiger charge is 2.46. The molecule has 0 spiro atoms. The molecule has 6 aromatic rings. The number of anilines is 3. The fourth-order valence-electron chi connectivity index (χ4n) is 7.00. The van der Waals surface area contributed by atoms with Crippen molar-refractivity contribution in [2.45, 2.75) is 24.6 Å². The van der Waals surface area contributed by atoms with Crippen molar-refractivity contribution < 1.29 is 9.15 Å². The van der Waals surface area contributed by atoms with E-state index in [4.69, 9.17) is 9.15 Å². The van der Waals surface area contributed by atoms with E-state index in [1.807, 2.05) is 12.1 Å². The van der Waals surface area contributed by atoms with E-state index < -0.39 is 5.60 Å². The second-order valence-corrected chi connectivity index (χ2v) is 11.5. The Labute approximate surface area is 244 Å². The van der Waals surface area contributed by atoms with E-state index in [0.717, 1.165) is 55.8 Å². The van der Waals surface area contributed by atoms with E-state index in [2.05, 4.69) is 139 Å². The molecule has 1 aliphatic carbocycles. The molecule has 4 heteroatoms. The van der Waals surface area contributed by atoms with Crippen LogP contribution >= 0.6 is 0 Å². The molecule has 3 atom stereocenters. The third-order valence-corrected chi connectivity index (χ3v) is 9.03. The van der Waals surface area contributed by atoms with Crippen LogP contribution in [0.1, 0.15) is 30.1 Å². The maximum atomic E-state index is 6.82. The fourth-order valence-corrected chi connectivity index (χ4v) is 7.00. The monoisotopic (exact) mass is 544 g/mol. The standard InChI is InChI=1S/C38H28N2O2/c1-38-22-10-9-14-30(38)34-35-29(27-13-5-8-17-33(27)41-35)23-28(36(34)42-38)24-18-20-26(21-19-24)40-32-16-7-6-15-31(32)39-37(40)25-11-3-2-4-12-25/h2-23,30,37,39H,1H3. The lowest BCUT2D eigenvalue weighted by Gasteiger charge is -2.28. The maximum Gasteiger partial charge on any atom is 0.143 e. The summed E-state index contributed by atoms with van der Waals surface area (Å²) in [6.07, 6.45) is 8.62. The lowest BCUT2D eigenvalue weighted by molar-refractivity contribution is 0.156. The zero-order valence-corrected chi connectivity index (χ0v) is 23.1. The van der Waals surface area contributed by atoms with Crippen LogP contribution in [0.2, 0.25) is 0 Å². The summed E-state index contributed by atoms with van der Waals surface area (Å²) in [6, 6.07) is 38.6. The molecule has 0 amide bonds. The topological polar surface area (TPSA) is 37.6 Å². The molecule has 0 bridgehead atoms. The third kappa shape index (κ3) is 3.29. The first-order chi connectivity index (χ1) is 20.7. The molecule has 0 radical (unpaired) electrons. The van der Waals surface area contributed by atoms with Crippen LogP contribution in [0, 0.1) is 0 Å².